The van der Waals surface area contributed by atoms with Crippen LogP contribution in [0.2, 0.25) is 5.02 Å². The number of piperidine rings is 1. The lowest BCUT2D eigenvalue weighted by Gasteiger charge is -2.33. The molecule has 3 amide bonds. The van der Waals surface area contributed by atoms with Gasteiger partial charge in [-0.1, -0.05) is 23.7 Å². The molecule has 2 fully saturated rings. The van der Waals surface area contributed by atoms with Gasteiger partial charge in [-0.05, 0) is 50.8 Å². The first-order chi connectivity index (χ1) is 13.8. The lowest BCUT2D eigenvalue weighted by Crippen LogP contribution is -2.48. The molecule has 1 aromatic rings. The van der Waals surface area contributed by atoms with Crippen LogP contribution in [0.4, 0.5) is 0 Å². The van der Waals surface area contributed by atoms with Gasteiger partial charge in [0.25, 0.3) is 0 Å². The first-order valence-electron chi connectivity index (χ1n) is 10.5. The highest BCUT2D eigenvalue weighted by molar-refractivity contribution is 6.30. The van der Waals surface area contributed by atoms with E-state index in [0.29, 0.717) is 43.9 Å². The Morgan fingerprint density at radius 3 is 2.41 bits per heavy atom. The highest BCUT2D eigenvalue weighted by atomic mass is 35.5. The minimum atomic E-state index is -0.260. The molecule has 0 aliphatic carbocycles. The van der Waals surface area contributed by atoms with Crippen LogP contribution < -0.4 is 5.32 Å². The number of rotatable bonds is 6. The standard InChI is InChI=1S/C22H30ClN3O3/c1-15(2)26-14-17(13-21(26)28)22(29)24-19-9-11-25(12-10-19)20(27)8-5-16-3-6-18(23)7-4-16/h3-4,6-7,15,17,19H,5,8-14H2,1-2H3,(H,24,29). The average molecular weight is 420 g/mol. The van der Waals surface area contributed by atoms with Crippen LogP contribution in [0.1, 0.15) is 45.1 Å². The molecule has 2 saturated heterocycles. The number of amides is 3. The van der Waals surface area contributed by atoms with E-state index in [-0.39, 0.29) is 35.7 Å². The third-order valence-electron chi connectivity index (χ3n) is 5.89. The van der Waals surface area contributed by atoms with Crippen LogP contribution in [-0.4, -0.2) is 59.2 Å². The highest BCUT2D eigenvalue weighted by Gasteiger charge is 2.36. The molecular weight excluding hydrogens is 390 g/mol. The second kappa shape index (κ2) is 9.61. The van der Waals surface area contributed by atoms with Gasteiger partial charge in [0.2, 0.25) is 17.7 Å². The van der Waals surface area contributed by atoms with Gasteiger partial charge in [-0.25, -0.2) is 0 Å². The molecule has 2 aliphatic rings. The fraction of sp³-hybridized carbons (Fsp3) is 0.591. The Kier molecular flexibility index (Phi) is 7.17. The Labute approximate surface area is 177 Å². The van der Waals surface area contributed by atoms with Gasteiger partial charge in [0, 0.05) is 49.6 Å². The second-order valence-electron chi connectivity index (χ2n) is 8.33. The molecule has 7 heteroatoms. The van der Waals surface area contributed by atoms with Crippen molar-refractivity contribution in [3.63, 3.8) is 0 Å². The first kappa shape index (κ1) is 21.6. The molecule has 0 saturated carbocycles. The minimum absolute atomic E-state index is 0.0333. The number of nitrogens with one attached hydrogen (secondary N) is 1. The molecule has 6 nitrogen and oxygen atoms in total. The second-order valence-corrected chi connectivity index (χ2v) is 8.77. The van der Waals surface area contributed by atoms with E-state index in [2.05, 4.69) is 5.32 Å². The number of carbonyl (C=O) groups is 3. The fourth-order valence-electron chi connectivity index (χ4n) is 4.06. The Balaban J connectivity index is 1.39. The van der Waals surface area contributed by atoms with Crippen molar-refractivity contribution >= 4 is 29.3 Å². The Hall–Kier alpha value is -2.08. The number of hydrogen-bond acceptors (Lipinski definition) is 3. The van der Waals surface area contributed by atoms with Gasteiger partial charge in [-0.15, -0.1) is 0 Å². The van der Waals surface area contributed by atoms with Crippen LogP contribution in [0.15, 0.2) is 24.3 Å². The number of halogens is 1. The zero-order chi connectivity index (χ0) is 21.0. The van der Waals surface area contributed by atoms with E-state index in [9.17, 15) is 14.4 Å². The maximum absolute atomic E-state index is 12.5. The normalized spacial score (nSPS) is 20.4. The van der Waals surface area contributed by atoms with Crippen molar-refractivity contribution in [1.29, 1.82) is 0 Å². The SMILES string of the molecule is CC(C)N1CC(C(=O)NC2CCN(C(=O)CCc3ccc(Cl)cc3)CC2)CC1=O. The van der Waals surface area contributed by atoms with Crippen LogP contribution in [-0.2, 0) is 20.8 Å². The monoisotopic (exact) mass is 419 g/mol. The molecule has 1 aromatic carbocycles. The lowest BCUT2D eigenvalue weighted by molar-refractivity contribution is -0.133. The molecule has 1 N–H and O–H groups in total. The van der Waals surface area contributed by atoms with Crippen molar-refractivity contribution < 1.29 is 14.4 Å². The van der Waals surface area contributed by atoms with Gasteiger partial charge in [-0.2, -0.15) is 0 Å². The molecule has 0 bridgehead atoms. The molecule has 1 atom stereocenters. The summed E-state index contributed by atoms with van der Waals surface area (Å²) >= 11 is 5.89. The van der Waals surface area contributed by atoms with E-state index in [4.69, 9.17) is 11.6 Å². The van der Waals surface area contributed by atoms with Crippen molar-refractivity contribution in [2.24, 2.45) is 5.92 Å². The molecule has 2 aliphatic heterocycles. The van der Waals surface area contributed by atoms with Gasteiger partial charge in [0.15, 0.2) is 0 Å². The van der Waals surface area contributed by atoms with Gasteiger partial charge >= 0.3 is 0 Å². The number of aryl methyl sites for hydroxylation is 1. The van der Waals surface area contributed by atoms with Gasteiger partial charge in [-0.3, -0.25) is 14.4 Å². The summed E-state index contributed by atoms with van der Waals surface area (Å²) in [6.45, 7) is 5.76. The maximum Gasteiger partial charge on any atom is 0.225 e. The van der Waals surface area contributed by atoms with E-state index in [0.717, 1.165) is 18.4 Å². The van der Waals surface area contributed by atoms with Crippen molar-refractivity contribution in [2.75, 3.05) is 19.6 Å². The van der Waals surface area contributed by atoms with Gasteiger partial charge in [0.1, 0.15) is 0 Å². The predicted molar refractivity (Wildman–Crippen MR) is 112 cm³/mol. The number of nitrogens with zero attached hydrogens (tertiary/aromatic N) is 2. The van der Waals surface area contributed by atoms with Crippen molar-refractivity contribution in [3.05, 3.63) is 34.9 Å². The summed E-state index contributed by atoms with van der Waals surface area (Å²) in [6.07, 6.45) is 2.99. The third-order valence-corrected chi connectivity index (χ3v) is 6.14. The highest BCUT2D eigenvalue weighted by Crippen LogP contribution is 2.21. The molecule has 1 unspecified atom stereocenters. The molecule has 0 radical (unpaired) electrons. The number of hydrogen-bond donors (Lipinski definition) is 1. The molecule has 0 aromatic heterocycles. The van der Waals surface area contributed by atoms with Crippen LogP contribution in [0.3, 0.4) is 0 Å². The largest absolute Gasteiger partial charge is 0.353 e. The quantitative estimate of drug-likeness (QED) is 0.770. The van der Waals surface area contributed by atoms with Crippen LogP contribution >= 0.6 is 11.6 Å². The first-order valence-corrected chi connectivity index (χ1v) is 10.8. The summed E-state index contributed by atoms with van der Waals surface area (Å²) in [5.41, 5.74) is 1.10. The maximum atomic E-state index is 12.5. The topological polar surface area (TPSA) is 69.7 Å². The zero-order valence-corrected chi connectivity index (χ0v) is 18.0. The van der Waals surface area contributed by atoms with Crippen LogP contribution in [0, 0.1) is 5.92 Å². The van der Waals surface area contributed by atoms with E-state index < -0.39 is 0 Å². The minimum Gasteiger partial charge on any atom is -0.353 e. The third kappa shape index (κ3) is 5.72. The Morgan fingerprint density at radius 1 is 1.17 bits per heavy atom. The van der Waals surface area contributed by atoms with Crippen LogP contribution in [0.25, 0.3) is 0 Å². The molecule has 0 spiro atoms. The molecule has 29 heavy (non-hydrogen) atoms. The average Bonchev–Trinajstić information content (AvgIpc) is 3.10. The summed E-state index contributed by atoms with van der Waals surface area (Å²) in [6, 6.07) is 7.78. The molecular formula is C22H30ClN3O3. The summed E-state index contributed by atoms with van der Waals surface area (Å²) in [5, 5.41) is 3.79. The zero-order valence-electron chi connectivity index (χ0n) is 17.2. The smallest absolute Gasteiger partial charge is 0.225 e. The number of carbonyl (C=O) groups excluding carboxylic acids is 3. The summed E-state index contributed by atoms with van der Waals surface area (Å²) in [5.74, 6) is -0.0853. The van der Waals surface area contributed by atoms with Gasteiger partial charge in [0.05, 0.1) is 5.92 Å². The van der Waals surface area contributed by atoms with E-state index in [1.807, 2.05) is 43.0 Å². The van der Waals surface area contributed by atoms with Crippen LogP contribution in [0.5, 0.6) is 0 Å². The van der Waals surface area contributed by atoms with Crippen molar-refractivity contribution in [3.8, 4) is 0 Å². The summed E-state index contributed by atoms with van der Waals surface area (Å²) in [7, 11) is 0. The fourth-order valence-corrected chi connectivity index (χ4v) is 4.18. The van der Waals surface area contributed by atoms with E-state index in [1.165, 1.54) is 0 Å². The molecule has 158 valence electrons. The summed E-state index contributed by atoms with van der Waals surface area (Å²) in [4.78, 5) is 40.7. The predicted octanol–water partition coefficient (Wildman–Crippen LogP) is 2.64. The number of likely N-dealkylation sites (tertiary alicyclic amines) is 2. The van der Waals surface area contributed by atoms with E-state index >= 15 is 0 Å². The van der Waals surface area contributed by atoms with Crippen molar-refractivity contribution in [2.45, 2.75) is 58.0 Å². The molecule has 2 heterocycles. The van der Waals surface area contributed by atoms with Crippen molar-refractivity contribution in [1.82, 2.24) is 15.1 Å². The summed E-state index contributed by atoms with van der Waals surface area (Å²) < 4.78 is 0. The van der Waals surface area contributed by atoms with E-state index in [1.54, 1.807) is 4.90 Å². The number of benzene rings is 1. The lowest BCUT2D eigenvalue weighted by atomic mass is 10.0. The Bertz CT molecular complexity index is 742. The molecule has 3 rings (SSSR count). The van der Waals surface area contributed by atoms with Gasteiger partial charge < -0.3 is 15.1 Å². The Morgan fingerprint density at radius 2 is 1.83 bits per heavy atom.